The molecule has 1 aromatic carbocycles. The van der Waals surface area contributed by atoms with Crippen LogP contribution in [0.5, 0.6) is 17.2 Å². The predicted octanol–water partition coefficient (Wildman–Crippen LogP) is 2.10. The largest absolute Gasteiger partial charge is 0.493 e. The van der Waals surface area contributed by atoms with E-state index in [1.165, 1.54) is 21.3 Å². The molecule has 1 N–H and O–H groups in total. The molecular weight excluding hydrogens is 374 g/mol. The Kier molecular flexibility index (Phi) is 4.90. The summed E-state index contributed by atoms with van der Waals surface area (Å²) >= 11 is 0. The Hall–Kier alpha value is -2.74. The van der Waals surface area contributed by atoms with Gasteiger partial charge in [-0.3, -0.25) is 4.79 Å². The molecular formula is C21H27N3O5. The summed E-state index contributed by atoms with van der Waals surface area (Å²) in [5, 5.41) is 11.3. The third-order valence-corrected chi connectivity index (χ3v) is 6.15. The number of amides is 1. The van der Waals surface area contributed by atoms with Gasteiger partial charge in [-0.05, 0) is 25.0 Å². The number of methoxy groups -OCH3 is 3. The van der Waals surface area contributed by atoms with Gasteiger partial charge in [0.25, 0.3) is 5.91 Å². The van der Waals surface area contributed by atoms with Gasteiger partial charge in [0, 0.05) is 49.9 Å². The smallest absolute Gasteiger partial charge is 0.254 e. The zero-order valence-electron chi connectivity index (χ0n) is 17.2. The number of aromatic nitrogens is 2. The van der Waals surface area contributed by atoms with Gasteiger partial charge in [0.1, 0.15) is 11.4 Å². The van der Waals surface area contributed by atoms with Gasteiger partial charge in [-0.1, -0.05) is 0 Å². The lowest BCUT2D eigenvalue weighted by atomic mass is 9.85. The lowest BCUT2D eigenvalue weighted by molar-refractivity contribution is -0.0555. The van der Waals surface area contributed by atoms with Crippen LogP contribution in [-0.2, 0) is 12.6 Å². The molecule has 8 nitrogen and oxygen atoms in total. The van der Waals surface area contributed by atoms with Crippen LogP contribution in [0.4, 0.5) is 0 Å². The van der Waals surface area contributed by atoms with E-state index in [-0.39, 0.29) is 18.0 Å². The first-order chi connectivity index (χ1) is 13.9. The third-order valence-electron chi connectivity index (χ3n) is 6.15. The van der Waals surface area contributed by atoms with E-state index in [2.05, 4.69) is 4.98 Å². The Morgan fingerprint density at radius 2 is 1.69 bits per heavy atom. The predicted molar refractivity (Wildman–Crippen MR) is 105 cm³/mol. The number of hydrogen-bond donors (Lipinski definition) is 1. The summed E-state index contributed by atoms with van der Waals surface area (Å²) < 4.78 is 18.0. The number of nitrogens with zero attached hydrogens (tertiary/aromatic N) is 3. The minimum Gasteiger partial charge on any atom is -0.493 e. The summed E-state index contributed by atoms with van der Waals surface area (Å²) in [6, 6.07) is 3.29. The molecule has 2 saturated heterocycles. The molecule has 1 amide bonds. The lowest BCUT2D eigenvalue weighted by Crippen LogP contribution is -2.52. The molecule has 29 heavy (non-hydrogen) atoms. The second-order valence-electron chi connectivity index (χ2n) is 7.81. The van der Waals surface area contributed by atoms with E-state index in [4.69, 9.17) is 14.2 Å². The van der Waals surface area contributed by atoms with Crippen molar-refractivity contribution in [3.8, 4) is 17.2 Å². The number of hydrogen-bond acceptors (Lipinski definition) is 6. The molecule has 2 aromatic rings. The fraction of sp³-hybridized carbons (Fsp3) is 0.524. The van der Waals surface area contributed by atoms with Gasteiger partial charge in [-0.15, -0.1) is 0 Å². The Balaban J connectivity index is 1.64. The van der Waals surface area contributed by atoms with Crippen LogP contribution in [0, 0.1) is 0 Å². The second-order valence-corrected chi connectivity index (χ2v) is 7.81. The molecule has 0 radical (unpaired) electrons. The van der Waals surface area contributed by atoms with Crippen LogP contribution in [0.15, 0.2) is 24.5 Å². The first kappa shape index (κ1) is 19.6. The van der Waals surface area contributed by atoms with Gasteiger partial charge in [0.15, 0.2) is 11.5 Å². The van der Waals surface area contributed by atoms with Crippen molar-refractivity contribution in [2.45, 2.75) is 43.4 Å². The molecule has 0 spiro atoms. The van der Waals surface area contributed by atoms with Crippen LogP contribution in [0.1, 0.15) is 41.9 Å². The van der Waals surface area contributed by atoms with Crippen LogP contribution in [0.25, 0.3) is 0 Å². The van der Waals surface area contributed by atoms with Gasteiger partial charge < -0.3 is 28.8 Å². The topological polar surface area (TPSA) is 86.1 Å². The van der Waals surface area contributed by atoms with Crippen molar-refractivity contribution in [3.05, 3.63) is 35.9 Å². The van der Waals surface area contributed by atoms with Crippen LogP contribution >= 0.6 is 0 Å². The first-order valence-corrected chi connectivity index (χ1v) is 9.74. The van der Waals surface area contributed by atoms with Crippen LogP contribution < -0.4 is 14.2 Å². The van der Waals surface area contributed by atoms with E-state index in [0.29, 0.717) is 41.5 Å². The van der Waals surface area contributed by atoms with E-state index in [9.17, 15) is 9.90 Å². The highest BCUT2D eigenvalue weighted by atomic mass is 16.5. The minimum atomic E-state index is -1.02. The first-order valence-electron chi connectivity index (χ1n) is 9.74. The lowest BCUT2D eigenvalue weighted by Gasteiger charge is -2.43. The maximum Gasteiger partial charge on any atom is 0.254 e. The zero-order valence-corrected chi connectivity index (χ0v) is 17.2. The molecule has 0 unspecified atom stereocenters. The SMILES string of the molecule is COc1cc(C(=O)N2[C@@H]3CC[C@@H]2CC(O)(c2nccn2C)C3)cc(OC)c1OC. The van der Waals surface area contributed by atoms with Gasteiger partial charge >= 0.3 is 0 Å². The summed E-state index contributed by atoms with van der Waals surface area (Å²) in [6.45, 7) is 0. The van der Waals surface area contributed by atoms with Crippen LogP contribution in [-0.4, -0.2) is 58.9 Å². The number of aliphatic hydroxyl groups is 1. The highest BCUT2D eigenvalue weighted by molar-refractivity contribution is 5.96. The van der Waals surface area contributed by atoms with Crippen LogP contribution in [0.3, 0.4) is 0 Å². The fourth-order valence-corrected chi connectivity index (χ4v) is 4.91. The number of benzene rings is 1. The number of imidazole rings is 1. The molecule has 8 heteroatoms. The maximum absolute atomic E-state index is 13.4. The van der Waals surface area contributed by atoms with Crippen molar-refractivity contribution in [2.75, 3.05) is 21.3 Å². The quantitative estimate of drug-likeness (QED) is 0.826. The van der Waals surface area contributed by atoms with Crippen molar-refractivity contribution < 1.29 is 24.1 Å². The summed E-state index contributed by atoms with van der Waals surface area (Å²) in [6.07, 6.45) is 6.22. The molecule has 2 atom stereocenters. The Bertz CT molecular complexity index is 886. The average Bonchev–Trinajstić information content (AvgIpc) is 3.28. The number of aryl methyl sites for hydroxylation is 1. The zero-order chi connectivity index (χ0) is 20.8. The molecule has 1 aromatic heterocycles. The second kappa shape index (κ2) is 7.26. The Morgan fingerprint density at radius 1 is 1.10 bits per heavy atom. The van der Waals surface area contributed by atoms with Gasteiger partial charge in [0.2, 0.25) is 5.75 Å². The van der Waals surface area contributed by atoms with E-state index < -0.39 is 5.60 Å². The maximum atomic E-state index is 13.4. The molecule has 0 aliphatic carbocycles. The highest BCUT2D eigenvalue weighted by Gasteiger charge is 2.51. The standard InChI is InChI=1S/C21H27N3O5/c1-23-8-7-22-20(23)21(26)11-14-5-6-15(12-21)24(14)19(25)13-9-16(27-2)18(29-4)17(10-13)28-3/h7-10,14-15,26H,5-6,11-12H2,1-4H3/t14-,15-/m1/s1. The number of rotatable bonds is 5. The fourth-order valence-electron chi connectivity index (χ4n) is 4.91. The monoisotopic (exact) mass is 401 g/mol. The van der Waals surface area contributed by atoms with E-state index in [1.807, 2.05) is 22.7 Å². The average molecular weight is 401 g/mol. The number of carbonyl (C=O) groups excluding carboxylic acids is 1. The van der Waals surface area contributed by atoms with E-state index in [0.717, 1.165) is 12.8 Å². The molecule has 0 saturated carbocycles. The summed E-state index contributed by atoms with van der Waals surface area (Å²) in [4.78, 5) is 19.7. The molecule has 2 fully saturated rings. The summed E-state index contributed by atoms with van der Waals surface area (Å²) in [7, 11) is 6.48. The normalized spacial score (nSPS) is 25.8. The molecule has 2 bridgehead atoms. The van der Waals surface area contributed by atoms with Crippen molar-refractivity contribution in [1.82, 2.24) is 14.5 Å². The molecule has 3 heterocycles. The van der Waals surface area contributed by atoms with Gasteiger partial charge in [-0.25, -0.2) is 4.98 Å². The highest BCUT2D eigenvalue weighted by Crippen LogP contribution is 2.46. The molecule has 4 rings (SSSR count). The molecule has 2 aliphatic rings. The number of ether oxygens (including phenoxy) is 3. The van der Waals surface area contributed by atoms with Crippen molar-refractivity contribution in [1.29, 1.82) is 0 Å². The number of fused-ring (bicyclic) bond motifs is 2. The Labute approximate surface area is 170 Å². The minimum absolute atomic E-state index is 0.0398. The van der Waals surface area contributed by atoms with Crippen molar-refractivity contribution in [3.63, 3.8) is 0 Å². The summed E-state index contributed by atoms with van der Waals surface area (Å²) in [5.41, 5.74) is -0.533. The van der Waals surface area contributed by atoms with Crippen molar-refractivity contribution in [2.24, 2.45) is 7.05 Å². The van der Waals surface area contributed by atoms with Crippen molar-refractivity contribution >= 4 is 5.91 Å². The third kappa shape index (κ3) is 3.11. The van der Waals surface area contributed by atoms with Gasteiger partial charge in [-0.2, -0.15) is 0 Å². The summed E-state index contributed by atoms with van der Waals surface area (Å²) in [5.74, 6) is 1.93. The molecule has 156 valence electrons. The van der Waals surface area contributed by atoms with Gasteiger partial charge in [0.05, 0.1) is 21.3 Å². The molecule has 2 aliphatic heterocycles. The van der Waals surface area contributed by atoms with Crippen LogP contribution in [0.2, 0.25) is 0 Å². The van der Waals surface area contributed by atoms with E-state index >= 15 is 0 Å². The van der Waals surface area contributed by atoms with E-state index in [1.54, 1.807) is 18.3 Å². The Morgan fingerprint density at radius 3 is 2.14 bits per heavy atom. The number of piperidine rings is 1. The number of carbonyl (C=O) groups is 1.